The Labute approximate surface area is 151 Å². The zero-order valence-corrected chi connectivity index (χ0v) is 14.6. The maximum atomic E-state index is 9.56. The quantitative estimate of drug-likeness (QED) is 0.782. The smallest absolute Gasteiger partial charge is 0.161 e. The van der Waals surface area contributed by atoms with Gasteiger partial charge >= 0.3 is 0 Å². The van der Waals surface area contributed by atoms with E-state index in [4.69, 9.17) is 0 Å². The molecule has 1 aliphatic heterocycles. The normalized spacial score (nSPS) is 13.6. The zero-order valence-electron chi connectivity index (χ0n) is 14.6. The molecule has 2 aromatic heterocycles. The van der Waals surface area contributed by atoms with Crippen molar-refractivity contribution in [2.24, 2.45) is 7.05 Å². The summed E-state index contributed by atoms with van der Waals surface area (Å²) in [5.74, 6) is 1.27. The lowest BCUT2D eigenvalue weighted by atomic mass is 10.1. The molecule has 0 atom stereocenters. The first-order valence-corrected chi connectivity index (χ1v) is 8.61. The maximum absolute atomic E-state index is 9.56. The molecule has 1 N–H and O–H groups in total. The first-order valence-electron chi connectivity index (χ1n) is 8.61. The Morgan fingerprint density at radius 2 is 2.04 bits per heavy atom. The maximum Gasteiger partial charge on any atom is 0.161 e. The largest absolute Gasteiger partial charge is 0.370 e. The fourth-order valence-electron chi connectivity index (χ4n) is 3.20. The summed E-state index contributed by atoms with van der Waals surface area (Å²) < 4.78 is 1.72. The first kappa shape index (κ1) is 16.1. The van der Waals surface area contributed by atoms with E-state index in [0.717, 1.165) is 30.0 Å². The summed E-state index contributed by atoms with van der Waals surface area (Å²) >= 11 is 0. The molecule has 0 radical (unpaired) electrons. The van der Waals surface area contributed by atoms with Crippen molar-refractivity contribution in [1.29, 1.82) is 5.26 Å². The molecular formula is C19H19N7. The number of anilines is 3. The van der Waals surface area contributed by atoms with Gasteiger partial charge in [-0.25, -0.2) is 9.97 Å². The van der Waals surface area contributed by atoms with Gasteiger partial charge in [0.15, 0.2) is 5.82 Å². The minimum atomic E-state index is 0.586. The minimum Gasteiger partial charge on any atom is -0.370 e. The van der Waals surface area contributed by atoms with Gasteiger partial charge in [-0.05, 0) is 37.1 Å². The van der Waals surface area contributed by atoms with Crippen molar-refractivity contribution in [3.05, 3.63) is 48.4 Å². The molecule has 1 fully saturated rings. The first-order chi connectivity index (χ1) is 12.7. The van der Waals surface area contributed by atoms with Crippen LogP contribution in [0.25, 0.3) is 11.4 Å². The molecule has 1 aliphatic rings. The van der Waals surface area contributed by atoms with Gasteiger partial charge in [0.2, 0.25) is 0 Å². The Morgan fingerprint density at radius 1 is 1.19 bits per heavy atom. The highest BCUT2D eigenvalue weighted by Crippen LogP contribution is 2.28. The number of nitrogens with one attached hydrogen (secondary N) is 1. The summed E-state index contributed by atoms with van der Waals surface area (Å²) in [6, 6.07) is 9.98. The van der Waals surface area contributed by atoms with Gasteiger partial charge in [0.25, 0.3) is 0 Å². The van der Waals surface area contributed by atoms with Gasteiger partial charge < -0.3 is 10.2 Å². The highest BCUT2D eigenvalue weighted by molar-refractivity contribution is 5.69. The van der Waals surface area contributed by atoms with Crippen LogP contribution in [0.15, 0.2) is 42.9 Å². The molecule has 1 aromatic carbocycles. The summed E-state index contributed by atoms with van der Waals surface area (Å²) in [6.45, 7) is 2.02. The second kappa shape index (κ2) is 6.84. The standard InChI is InChI=1S/C19H19N7/c1-25-13-16(12-22-25)23-18-6-7-21-19(24-18)14-4-5-17(15(10-14)11-20)26-8-2-3-9-26/h4-7,10,12-13H,2-3,8-9H2,1H3,(H,21,23,24). The van der Waals surface area contributed by atoms with Crippen LogP contribution < -0.4 is 10.2 Å². The number of nitriles is 1. The van der Waals surface area contributed by atoms with Crippen molar-refractivity contribution in [2.75, 3.05) is 23.3 Å². The molecule has 3 aromatic rings. The Balaban J connectivity index is 1.63. The summed E-state index contributed by atoms with van der Waals surface area (Å²) in [5.41, 5.74) is 3.36. The number of aryl methyl sites for hydroxylation is 1. The molecular weight excluding hydrogens is 326 g/mol. The number of aromatic nitrogens is 4. The summed E-state index contributed by atoms with van der Waals surface area (Å²) in [5, 5.41) is 16.9. The SMILES string of the molecule is Cn1cc(Nc2ccnc(-c3ccc(N4CCCC4)c(C#N)c3)n2)cn1. The van der Waals surface area contributed by atoms with Crippen molar-refractivity contribution in [1.82, 2.24) is 19.7 Å². The molecule has 1 saturated heterocycles. The fraction of sp³-hybridized carbons (Fsp3) is 0.263. The molecule has 0 aliphatic carbocycles. The molecule has 7 heteroatoms. The van der Waals surface area contributed by atoms with Crippen LogP contribution in [-0.2, 0) is 7.05 Å². The van der Waals surface area contributed by atoms with E-state index in [1.165, 1.54) is 12.8 Å². The molecule has 0 amide bonds. The summed E-state index contributed by atoms with van der Waals surface area (Å²) in [4.78, 5) is 11.2. The van der Waals surface area contributed by atoms with Crippen LogP contribution in [0.1, 0.15) is 18.4 Å². The summed E-state index contributed by atoms with van der Waals surface area (Å²) in [6.07, 6.45) is 7.68. The van der Waals surface area contributed by atoms with Crippen LogP contribution in [0, 0.1) is 11.3 Å². The lowest BCUT2D eigenvalue weighted by Crippen LogP contribution is -2.18. The molecule has 0 spiro atoms. The van der Waals surface area contributed by atoms with Crippen LogP contribution in [0.5, 0.6) is 0 Å². The van der Waals surface area contributed by atoms with E-state index in [0.29, 0.717) is 17.2 Å². The van der Waals surface area contributed by atoms with Crippen LogP contribution in [0.2, 0.25) is 0 Å². The van der Waals surface area contributed by atoms with Gasteiger partial charge in [-0.2, -0.15) is 10.4 Å². The van der Waals surface area contributed by atoms with Crippen molar-refractivity contribution in [3.63, 3.8) is 0 Å². The molecule has 7 nitrogen and oxygen atoms in total. The van der Waals surface area contributed by atoms with Crippen molar-refractivity contribution < 1.29 is 0 Å². The summed E-state index contributed by atoms with van der Waals surface area (Å²) in [7, 11) is 1.86. The van der Waals surface area contributed by atoms with Crippen molar-refractivity contribution >= 4 is 17.2 Å². The van der Waals surface area contributed by atoms with Crippen LogP contribution in [-0.4, -0.2) is 32.8 Å². The number of nitrogens with zero attached hydrogens (tertiary/aromatic N) is 6. The van der Waals surface area contributed by atoms with E-state index in [2.05, 4.69) is 31.4 Å². The Morgan fingerprint density at radius 3 is 2.77 bits per heavy atom. The molecule has 3 heterocycles. The van der Waals surface area contributed by atoms with Crippen LogP contribution >= 0.6 is 0 Å². The van der Waals surface area contributed by atoms with Gasteiger partial charge in [0, 0.05) is 38.1 Å². The predicted molar refractivity (Wildman–Crippen MR) is 100 cm³/mol. The number of hydrogen-bond acceptors (Lipinski definition) is 6. The lowest BCUT2D eigenvalue weighted by molar-refractivity contribution is 0.768. The average molecular weight is 345 g/mol. The van der Waals surface area contributed by atoms with Gasteiger partial charge in [-0.3, -0.25) is 4.68 Å². The minimum absolute atomic E-state index is 0.586. The molecule has 0 saturated carbocycles. The zero-order chi connectivity index (χ0) is 17.9. The Hall–Kier alpha value is -3.40. The third kappa shape index (κ3) is 3.22. The molecule has 0 unspecified atom stereocenters. The van der Waals surface area contributed by atoms with Gasteiger partial charge in [-0.15, -0.1) is 0 Å². The molecule has 0 bridgehead atoms. The lowest BCUT2D eigenvalue weighted by Gasteiger charge is -2.19. The Kier molecular flexibility index (Phi) is 4.23. The van der Waals surface area contributed by atoms with Crippen molar-refractivity contribution in [2.45, 2.75) is 12.8 Å². The predicted octanol–water partition coefficient (Wildman–Crippen LogP) is 3.09. The average Bonchev–Trinajstić information content (AvgIpc) is 3.33. The van der Waals surface area contributed by atoms with Gasteiger partial charge in [0.1, 0.15) is 11.9 Å². The van der Waals surface area contributed by atoms with E-state index in [1.54, 1.807) is 23.1 Å². The van der Waals surface area contributed by atoms with E-state index in [1.807, 2.05) is 31.4 Å². The highest BCUT2D eigenvalue weighted by atomic mass is 15.3. The van der Waals surface area contributed by atoms with Crippen LogP contribution in [0.4, 0.5) is 17.2 Å². The topological polar surface area (TPSA) is 82.7 Å². The molecule has 4 rings (SSSR count). The van der Waals surface area contributed by atoms with E-state index >= 15 is 0 Å². The third-order valence-electron chi connectivity index (χ3n) is 4.45. The van der Waals surface area contributed by atoms with E-state index in [9.17, 15) is 5.26 Å². The van der Waals surface area contributed by atoms with E-state index in [-0.39, 0.29) is 0 Å². The van der Waals surface area contributed by atoms with E-state index < -0.39 is 0 Å². The van der Waals surface area contributed by atoms with Gasteiger partial charge in [0.05, 0.1) is 23.1 Å². The number of rotatable bonds is 4. The third-order valence-corrected chi connectivity index (χ3v) is 4.45. The molecule has 26 heavy (non-hydrogen) atoms. The Bertz CT molecular complexity index is 964. The van der Waals surface area contributed by atoms with Crippen molar-refractivity contribution in [3.8, 4) is 17.5 Å². The highest BCUT2D eigenvalue weighted by Gasteiger charge is 2.17. The molecule has 130 valence electrons. The number of benzene rings is 1. The monoisotopic (exact) mass is 345 g/mol. The second-order valence-electron chi connectivity index (χ2n) is 6.33. The fourth-order valence-corrected chi connectivity index (χ4v) is 3.20. The van der Waals surface area contributed by atoms with Crippen LogP contribution in [0.3, 0.4) is 0 Å². The second-order valence-corrected chi connectivity index (χ2v) is 6.33. The number of hydrogen-bond donors (Lipinski definition) is 1. The van der Waals surface area contributed by atoms with Gasteiger partial charge in [-0.1, -0.05) is 0 Å².